The average molecular weight is 448 g/mol. The fraction of sp³-hybridized carbons (Fsp3) is 0.312. The van der Waals surface area contributed by atoms with Crippen LogP contribution in [0.25, 0.3) is 28.3 Å². The smallest absolute Gasteiger partial charge is 0.192 e. The fourth-order valence-electron chi connectivity index (χ4n) is 3.29. The predicted octanol–water partition coefficient (Wildman–Crippen LogP) is -0.0900. The van der Waals surface area contributed by atoms with E-state index in [1.807, 2.05) is 12.1 Å². The van der Waals surface area contributed by atoms with Crippen molar-refractivity contribution in [2.24, 2.45) is 0 Å². The molecule has 1 aliphatic heterocycles. The number of imidazole rings is 1. The maximum absolute atomic E-state index is 10.3. The topological polar surface area (TPSA) is 144 Å². The van der Waals surface area contributed by atoms with E-state index in [4.69, 9.17) is 4.74 Å². The minimum atomic E-state index is -1.23. The van der Waals surface area contributed by atoms with Crippen LogP contribution >= 0.6 is 15.9 Å². The maximum Gasteiger partial charge on any atom is 0.192 e. The van der Waals surface area contributed by atoms with Crippen LogP contribution in [-0.4, -0.2) is 74.4 Å². The van der Waals surface area contributed by atoms with Crippen LogP contribution in [-0.2, 0) is 4.74 Å². The van der Waals surface area contributed by atoms with Crippen LogP contribution in [0.2, 0.25) is 0 Å². The second-order valence-electron chi connectivity index (χ2n) is 6.38. The van der Waals surface area contributed by atoms with Crippen LogP contribution in [0.4, 0.5) is 0 Å². The van der Waals surface area contributed by atoms with Gasteiger partial charge in [-0.05, 0) is 28.1 Å². The van der Waals surface area contributed by atoms with E-state index >= 15 is 0 Å². The lowest BCUT2D eigenvalue weighted by Gasteiger charge is -2.16. The van der Waals surface area contributed by atoms with Gasteiger partial charge in [-0.3, -0.25) is 14.0 Å². The van der Waals surface area contributed by atoms with Crippen LogP contribution in [0.3, 0.4) is 0 Å². The van der Waals surface area contributed by atoms with Crippen LogP contribution in [0, 0.1) is 0 Å². The number of fused-ring (bicyclic) bond motifs is 3. The number of hydrogen-bond acceptors (Lipinski definition) is 9. The Labute approximate surface area is 165 Å². The molecule has 0 amide bonds. The van der Waals surface area contributed by atoms with Crippen molar-refractivity contribution >= 4 is 32.7 Å². The molecule has 4 aromatic rings. The minimum Gasteiger partial charge on any atom is -0.394 e. The number of halogens is 1. The van der Waals surface area contributed by atoms with Crippen LogP contribution in [0.1, 0.15) is 6.23 Å². The number of aliphatic hydroxyl groups excluding tert-OH is 3. The van der Waals surface area contributed by atoms with E-state index in [0.29, 0.717) is 28.3 Å². The van der Waals surface area contributed by atoms with Gasteiger partial charge in [0.05, 0.1) is 12.9 Å². The van der Waals surface area contributed by atoms with Crippen molar-refractivity contribution in [3.05, 3.63) is 35.5 Å². The van der Waals surface area contributed by atoms with Crippen molar-refractivity contribution < 1.29 is 20.1 Å². The summed E-state index contributed by atoms with van der Waals surface area (Å²) < 4.78 is 9.59. The van der Waals surface area contributed by atoms with Crippen molar-refractivity contribution in [3.63, 3.8) is 0 Å². The third kappa shape index (κ3) is 2.53. The third-order valence-electron chi connectivity index (χ3n) is 4.72. The number of rotatable bonds is 3. The highest BCUT2D eigenvalue weighted by Crippen LogP contribution is 2.32. The number of pyridine rings is 1. The van der Waals surface area contributed by atoms with Crippen LogP contribution < -0.4 is 0 Å². The van der Waals surface area contributed by atoms with Gasteiger partial charge in [0.15, 0.2) is 28.9 Å². The molecule has 1 fully saturated rings. The molecule has 0 radical (unpaired) electrons. The molecule has 4 atom stereocenters. The number of aromatic nitrogens is 7. The Kier molecular flexibility index (Phi) is 4.10. The molecule has 0 spiro atoms. The van der Waals surface area contributed by atoms with E-state index in [1.165, 1.54) is 17.2 Å². The summed E-state index contributed by atoms with van der Waals surface area (Å²) in [6.07, 6.45) is 0.401. The van der Waals surface area contributed by atoms with Crippen molar-refractivity contribution in [3.8, 4) is 11.5 Å². The minimum absolute atomic E-state index is 0.407. The Morgan fingerprint density at radius 2 is 1.89 bits per heavy atom. The van der Waals surface area contributed by atoms with Gasteiger partial charge in [0.25, 0.3) is 0 Å². The second-order valence-corrected chi connectivity index (χ2v) is 7.29. The normalized spacial score (nSPS) is 25.1. The molecule has 28 heavy (non-hydrogen) atoms. The van der Waals surface area contributed by atoms with Gasteiger partial charge in [0, 0.05) is 10.7 Å². The summed E-state index contributed by atoms with van der Waals surface area (Å²) in [5.41, 5.74) is 1.95. The largest absolute Gasteiger partial charge is 0.394 e. The van der Waals surface area contributed by atoms with E-state index in [9.17, 15) is 15.3 Å². The summed E-state index contributed by atoms with van der Waals surface area (Å²) in [6, 6.07) is 3.66. The standard InChI is InChI=1S/C16H14BrN7O4/c17-7-1-2-8(18-3-7)13-21-22-15-10-14(20-6-23(13)15)24(5-19-10)16-12(27)11(26)9(4-25)28-16/h1-3,5-6,9,11-12,16,25-27H,4H2/t9-,11?,12+,16-/m1/s1. The molecule has 11 nitrogen and oxygen atoms in total. The molecule has 5 rings (SSSR count). The van der Waals surface area contributed by atoms with Gasteiger partial charge < -0.3 is 20.1 Å². The monoisotopic (exact) mass is 447 g/mol. The van der Waals surface area contributed by atoms with E-state index in [-0.39, 0.29) is 0 Å². The van der Waals surface area contributed by atoms with Gasteiger partial charge in [-0.25, -0.2) is 9.97 Å². The third-order valence-corrected chi connectivity index (χ3v) is 5.19. The lowest BCUT2D eigenvalue weighted by molar-refractivity contribution is -0.0511. The average Bonchev–Trinajstić information content (AvgIpc) is 3.39. The molecule has 144 valence electrons. The number of ether oxygens (including phenoxy) is 1. The number of aliphatic hydroxyl groups is 3. The first-order valence-electron chi connectivity index (χ1n) is 8.39. The number of nitrogens with zero attached hydrogens (tertiary/aromatic N) is 7. The summed E-state index contributed by atoms with van der Waals surface area (Å²) in [7, 11) is 0. The van der Waals surface area contributed by atoms with Gasteiger partial charge in [-0.2, -0.15) is 0 Å². The van der Waals surface area contributed by atoms with Crippen molar-refractivity contribution in [2.75, 3.05) is 6.61 Å². The molecule has 12 heteroatoms. The lowest BCUT2D eigenvalue weighted by atomic mass is 10.1. The van der Waals surface area contributed by atoms with Gasteiger partial charge >= 0.3 is 0 Å². The fourth-order valence-corrected chi connectivity index (χ4v) is 3.53. The Hall–Kier alpha value is -2.51. The summed E-state index contributed by atoms with van der Waals surface area (Å²) in [6.45, 7) is -0.410. The Balaban J connectivity index is 1.61. The Morgan fingerprint density at radius 3 is 2.61 bits per heavy atom. The van der Waals surface area contributed by atoms with E-state index in [1.54, 1.807) is 10.6 Å². The van der Waals surface area contributed by atoms with Gasteiger partial charge in [-0.1, -0.05) is 0 Å². The van der Waals surface area contributed by atoms with Crippen molar-refractivity contribution in [1.82, 2.24) is 34.1 Å². The quantitative estimate of drug-likeness (QED) is 0.392. The highest BCUT2D eigenvalue weighted by atomic mass is 79.9. The van der Waals surface area contributed by atoms with Gasteiger partial charge in [-0.15, -0.1) is 10.2 Å². The van der Waals surface area contributed by atoms with E-state index in [2.05, 4.69) is 41.1 Å². The zero-order valence-corrected chi connectivity index (χ0v) is 15.7. The maximum atomic E-state index is 10.3. The van der Waals surface area contributed by atoms with Gasteiger partial charge in [0.1, 0.15) is 30.3 Å². The molecule has 3 N–H and O–H groups in total. The molecule has 5 heterocycles. The van der Waals surface area contributed by atoms with Crippen molar-refractivity contribution in [2.45, 2.75) is 24.5 Å². The summed E-state index contributed by atoms with van der Waals surface area (Å²) >= 11 is 3.35. The highest BCUT2D eigenvalue weighted by molar-refractivity contribution is 9.10. The molecular formula is C16H14BrN7O4. The second kappa shape index (κ2) is 6.53. The molecule has 1 aliphatic rings. The molecule has 0 aromatic carbocycles. The first-order chi connectivity index (χ1) is 13.6. The SMILES string of the molecule is OC[C@H]1O[C@@H](n2cnc3c2ncn2c(-c4ccc(Br)cn4)nnc32)[C@@H](O)C1O. The van der Waals surface area contributed by atoms with E-state index in [0.717, 1.165) is 4.47 Å². The molecule has 1 saturated heterocycles. The zero-order valence-electron chi connectivity index (χ0n) is 14.2. The molecule has 0 saturated carbocycles. The first kappa shape index (κ1) is 17.6. The Morgan fingerprint density at radius 1 is 1.04 bits per heavy atom. The summed E-state index contributed by atoms with van der Waals surface area (Å²) in [5, 5.41) is 37.9. The zero-order chi connectivity index (χ0) is 19.4. The first-order valence-corrected chi connectivity index (χ1v) is 9.18. The lowest BCUT2D eigenvalue weighted by Crippen LogP contribution is -2.33. The van der Waals surface area contributed by atoms with Crippen LogP contribution in [0.15, 0.2) is 35.5 Å². The van der Waals surface area contributed by atoms with Crippen molar-refractivity contribution in [1.29, 1.82) is 0 Å². The predicted molar refractivity (Wildman–Crippen MR) is 98.0 cm³/mol. The summed E-state index contributed by atoms with van der Waals surface area (Å²) in [4.78, 5) is 13.1. The Bertz CT molecular complexity index is 1160. The molecular weight excluding hydrogens is 434 g/mol. The van der Waals surface area contributed by atoms with Gasteiger partial charge in [0.2, 0.25) is 0 Å². The number of hydrogen-bond donors (Lipinski definition) is 3. The van der Waals surface area contributed by atoms with E-state index < -0.39 is 31.1 Å². The van der Waals surface area contributed by atoms with Crippen LogP contribution in [0.5, 0.6) is 0 Å². The highest BCUT2D eigenvalue weighted by Gasteiger charge is 2.44. The molecule has 4 aromatic heterocycles. The molecule has 1 unspecified atom stereocenters. The summed E-state index contributed by atoms with van der Waals surface area (Å²) in [5.74, 6) is 0.513. The molecule has 0 aliphatic carbocycles. The molecule has 0 bridgehead atoms.